The number of benzene rings is 1. The van der Waals surface area contributed by atoms with Crippen LogP contribution in [0.4, 0.5) is 0 Å². The predicted octanol–water partition coefficient (Wildman–Crippen LogP) is 2.35. The first-order chi connectivity index (χ1) is 10.6. The maximum absolute atomic E-state index is 12.3. The topological polar surface area (TPSA) is 86.5 Å². The Bertz CT molecular complexity index is 788. The monoisotopic (exact) mass is 295 g/mol. The van der Waals surface area contributed by atoms with Gasteiger partial charge in [0.1, 0.15) is 5.69 Å². The molecule has 112 valence electrons. The summed E-state index contributed by atoms with van der Waals surface area (Å²) in [5.74, 6) is -0.187. The summed E-state index contributed by atoms with van der Waals surface area (Å²) in [5.41, 5.74) is 4.85. The lowest BCUT2D eigenvalue weighted by Crippen LogP contribution is -2.24. The molecule has 1 amide bonds. The van der Waals surface area contributed by atoms with Gasteiger partial charge in [0.05, 0.1) is 17.9 Å². The largest absolute Gasteiger partial charge is 0.345 e. The normalized spacial score (nSPS) is 10.6. The second-order valence-corrected chi connectivity index (χ2v) is 5.16. The third kappa shape index (κ3) is 2.76. The maximum atomic E-state index is 12.3. The fourth-order valence-corrected chi connectivity index (χ4v) is 2.32. The lowest BCUT2D eigenvalue weighted by atomic mass is 10.1. The zero-order valence-electron chi connectivity index (χ0n) is 12.5. The van der Waals surface area contributed by atoms with Crippen molar-refractivity contribution in [2.75, 3.05) is 0 Å². The molecule has 1 aromatic carbocycles. The predicted molar refractivity (Wildman–Crippen MR) is 83.3 cm³/mol. The van der Waals surface area contributed by atoms with Crippen molar-refractivity contribution >= 4 is 5.91 Å². The van der Waals surface area contributed by atoms with E-state index in [0.29, 0.717) is 12.2 Å². The van der Waals surface area contributed by atoms with E-state index in [9.17, 15) is 4.79 Å². The molecule has 3 aromatic rings. The summed E-state index contributed by atoms with van der Waals surface area (Å²) in [6, 6.07) is 11.7. The van der Waals surface area contributed by atoms with Crippen LogP contribution >= 0.6 is 0 Å². The minimum atomic E-state index is -0.187. The number of hydrogen-bond acceptors (Lipinski definition) is 3. The van der Waals surface area contributed by atoms with Gasteiger partial charge in [0.15, 0.2) is 0 Å². The summed E-state index contributed by atoms with van der Waals surface area (Å²) < 4.78 is 0. The van der Waals surface area contributed by atoms with Crippen LogP contribution in [0, 0.1) is 13.8 Å². The quantitative estimate of drug-likeness (QED) is 0.690. The van der Waals surface area contributed by atoms with Crippen molar-refractivity contribution in [3.63, 3.8) is 0 Å². The van der Waals surface area contributed by atoms with E-state index in [0.717, 1.165) is 28.2 Å². The van der Waals surface area contributed by atoms with Gasteiger partial charge in [-0.05, 0) is 19.9 Å². The first-order valence-electron chi connectivity index (χ1n) is 7.04. The molecule has 6 heteroatoms. The molecule has 0 atom stereocenters. The van der Waals surface area contributed by atoms with Gasteiger partial charge in [-0.3, -0.25) is 15.0 Å². The number of amides is 1. The fourth-order valence-electron chi connectivity index (χ4n) is 2.32. The molecule has 0 bridgehead atoms. The van der Waals surface area contributed by atoms with Gasteiger partial charge in [-0.2, -0.15) is 10.2 Å². The number of carbonyl (C=O) groups excluding carboxylic acids is 1. The summed E-state index contributed by atoms with van der Waals surface area (Å²) in [5, 5.41) is 16.9. The first-order valence-corrected chi connectivity index (χ1v) is 7.04. The minimum Gasteiger partial charge on any atom is -0.345 e. The first kappa shape index (κ1) is 14.1. The Morgan fingerprint density at radius 1 is 1.14 bits per heavy atom. The van der Waals surface area contributed by atoms with Gasteiger partial charge < -0.3 is 5.32 Å². The molecule has 6 nitrogen and oxygen atoms in total. The van der Waals surface area contributed by atoms with Crippen molar-refractivity contribution in [3.8, 4) is 11.3 Å². The minimum absolute atomic E-state index is 0.187. The molecule has 3 rings (SSSR count). The number of H-pyrrole nitrogens is 2. The molecule has 0 spiro atoms. The van der Waals surface area contributed by atoms with Crippen LogP contribution in [-0.2, 0) is 6.54 Å². The van der Waals surface area contributed by atoms with Crippen molar-refractivity contribution in [1.29, 1.82) is 0 Å². The second-order valence-electron chi connectivity index (χ2n) is 5.16. The molecular weight excluding hydrogens is 278 g/mol. The molecular formula is C16H17N5O. The molecule has 0 fully saturated rings. The number of aromatic amines is 2. The standard InChI is InChI=1S/C16H17N5O/c1-10-8-13(19-18-10)9-17-16(22)15-11(2)14(20-21-15)12-6-4-3-5-7-12/h3-8H,9H2,1-2H3,(H,17,22)(H,18,19)(H,20,21). The van der Waals surface area contributed by atoms with Gasteiger partial charge in [0.25, 0.3) is 5.91 Å². The highest BCUT2D eigenvalue weighted by atomic mass is 16.1. The van der Waals surface area contributed by atoms with Crippen LogP contribution in [0.1, 0.15) is 27.4 Å². The third-order valence-electron chi connectivity index (χ3n) is 3.47. The highest BCUT2D eigenvalue weighted by Gasteiger charge is 2.16. The van der Waals surface area contributed by atoms with E-state index in [1.165, 1.54) is 0 Å². The third-order valence-corrected chi connectivity index (χ3v) is 3.47. The van der Waals surface area contributed by atoms with Gasteiger partial charge in [0.2, 0.25) is 0 Å². The van der Waals surface area contributed by atoms with E-state index in [1.54, 1.807) is 0 Å². The van der Waals surface area contributed by atoms with E-state index >= 15 is 0 Å². The van der Waals surface area contributed by atoms with Crippen molar-refractivity contribution in [2.45, 2.75) is 20.4 Å². The van der Waals surface area contributed by atoms with Gasteiger partial charge in [-0.15, -0.1) is 0 Å². The summed E-state index contributed by atoms with van der Waals surface area (Å²) in [6.07, 6.45) is 0. The van der Waals surface area contributed by atoms with E-state index in [4.69, 9.17) is 0 Å². The van der Waals surface area contributed by atoms with E-state index in [2.05, 4.69) is 25.7 Å². The molecule has 0 aliphatic heterocycles. The highest BCUT2D eigenvalue weighted by molar-refractivity contribution is 5.95. The van der Waals surface area contributed by atoms with Crippen LogP contribution in [0.3, 0.4) is 0 Å². The van der Waals surface area contributed by atoms with Crippen LogP contribution in [0.15, 0.2) is 36.4 Å². The number of nitrogens with one attached hydrogen (secondary N) is 3. The number of carbonyl (C=O) groups is 1. The summed E-state index contributed by atoms with van der Waals surface area (Å²) >= 11 is 0. The maximum Gasteiger partial charge on any atom is 0.269 e. The Morgan fingerprint density at radius 3 is 2.59 bits per heavy atom. The lowest BCUT2D eigenvalue weighted by Gasteiger charge is -2.02. The van der Waals surface area contributed by atoms with Crippen molar-refractivity contribution in [2.24, 2.45) is 0 Å². The molecule has 2 heterocycles. The number of aryl methyl sites for hydroxylation is 1. The average Bonchev–Trinajstić information content (AvgIpc) is 3.12. The van der Waals surface area contributed by atoms with Gasteiger partial charge in [-0.1, -0.05) is 30.3 Å². The SMILES string of the molecule is Cc1cc(CNC(=O)c2[nH]nc(-c3ccccc3)c2C)n[nH]1. The Balaban J connectivity index is 1.75. The Labute approximate surface area is 128 Å². The van der Waals surface area contributed by atoms with Crippen LogP contribution in [0.2, 0.25) is 0 Å². The van der Waals surface area contributed by atoms with E-state index < -0.39 is 0 Å². The van der Waals surface area contributed by atoms with Crippen molar-refractivity contribution in [1.82, 2.24) is 25.7 Å². The molecule has 3 N–H and O–H groups in total. The summed E-state index contributed by atoms with van der Waals surface area (Å²) in [6.45, 7) is 4.19. The summed E-state index contributed by atoms with van der Waals surface area (Å²) in [4.78, 5) is 12.3. The van der Waals surface area contributed by atoms with Crippen molar-refractivity contribution in [3.05, 3.63) is 59.0 Å². The van der Waals surface area contributed by atoms with Crippen LogP contribution in [0.5, 0.6) is 0 Å². The zero-order chi connectivity index (χ0) is 15.5. The highest BCUT2D eigenvalue weighted by Crippen LogP contribution is 2.22. The van der Waals surface area contributed by atoms with Crippen LogP contribution in [0.25, 0.3) is 11.3 Å². The Kier molecular flexibility index (Phi) is 3.74. The average molecular weight is 295 g/mol. The van der Waals surface area contributed by atoms with Crippen LogP contribution < -0.4 is 5.32 Å². The molecule has 0 saturated heterocycles. The Morgan fingerprint density at radius 2 is 1.91 bits per heavy atom. The molecule has 22 heavy (non-hydrogen) atoms. The molecule has 0 aliphatic carbocycles. The molecule has 0 radical (unpaired) electrons. The number of nitrogens with zero attached hydrogens (tertiary/aromatic N) is 2. The lowest BCUT2D eigenvalue weighted by molar-refractivity contribution is 0.0945. The Hall–Kier alpha value is -2.89. The van der Waals surface area contributed by atoms with E-state index in [-0.39, 0.29) is 5.91 Å². The van der Waals surface area contributed by atoms with Gasteiger partial charge in [-0.25, -0.2) is 0 Å². The molecule has 0 saturated carbocycles. The van der Waals surface area contributed by atoms with Gasteiger partial charge in [0, 0.05) is 16.8 Å². The van der Waals surface area contributed by atoms with Gasteiger partial charge >= 0.3 is 0 Å². The molecule has 2 aromatic heterocycles. The number of rotatable bonds is 4. The molecule has 0 aliphatic rings. The summed E-state index contributed by atoms with van der Waals surface area (Å²) in [7, 11) is 0. The number of hydrogen-bond donors (Lipinski definition) is 3. The van der Waals surface area contributed by atoms with E-state index in [1.807, 2.05) is 50.2 Å². The number of aromatic nitrogens is 4. The van der Waals surface area contributed by atoms with Crippen LogP contribution in [-0.4, -0.2) is 26.3 Å². The smallest absolute Gasteiger partial charge is 0.269 e. The second kappa shape index (κ2) is 5.85. The fraction of sp³-hybridized carbons (Fsp3) is 0.188. The molecule has 0 unspecified atom stereocenters. The zero-order valence-corrected chi connectivity index (χ0v) is 12.5. The van der Waals surface area contributed by atoms with Crippen molar-refractivity contribution < 1.29 is 4.79 Å².